The van der Waals surface area contributed by atoms with Gasteiger partial charge in [-0.3, -0.25) is 4.79 Å². The summed E-state index contributed by atoms with van der Waals surface area (Å²) in [5, 5.41) is 0.532. The van der Waals surface area contributed by atoms with E-state index in [2.05, 4.69) is 0 Å². The second-order valence-electron chi connectivity index (χ2n) is 6.23. The minimum atomic E-state index is -0.0672. The summed E-state index contributed by atoms with van der Waals surface area (Å²) in [7, 11) is 0. The van der Waals surface area contributed by atoms with Crippen LogP contribution in [0.25, 0.3) is 22.1 Å². The van der Waals surface area contributed by atoms with Gasteiger partial charge in [0, 0.05) is 6.07 Å². The number of aryl methyl sites for hydroxylation is 1. The van der Waals surface area contributed by atoms with Crippen molar-refractivity contribution in [2.75, 3.05) is 19.8 Å². The summed E-state index contributed by atoms with van der Waals surface area (Å²) in [6.45, 7) is 5.51. The van der Waals surface area contributed by atoms with Crippen molar-refractivity contribution < 1.29 is 18.6 Å². The summed E-state index contributed by atoms with van der Waals surface area (Å²) in [6.07, 6.45) is 0.921. The van der Waals surface area contributed by atoms with Gasteiger partial charge in [0.15, 0.2) is 11.5 Å². The van der Waals surface area contributed by atoms with Crippen LogP contribution in [0.15, 0.2) is 45.6 Å². The Morgan fingerprint density at radius 3 is 2.65 bits per heavy atom. The number of fused-ring (bicyclic) bond motifs is 2. The Morgan fingerprint density at radius 1 is 1.04 bits per heavy atom. The molecule has 0 amide bonds. The zero-order valence-electron chi connectivity index (χ0n) is 14.8. The predicted molar refractivity (Wildman–Crippen MR) is 99.4 cm³/mol. The van der Waals surface area contributed by atoms with Crippen molar-refractivity contribution in [1.82, 2.24) is 0 Å². The standard InChI is InChI=1S/C21H20O5/c1-3-8-23-15-5-6-16-18(12-15)26-13(2)20(21(16)22)14-4-7-17-19(11-14)25-10-9-24-17/h4-7,11-12H,3,8-10H2,1-2H3. The lowest BCUT2D eigenvalue weighted by Gasteiger charge is -2.19. The molecule has 134 valence electrons. The first-order valence-corrected chi connectivity index (χ1v) is 8.77. The molecule has 4 rings (SSSR count). The van der Waals surface area contributed by atoms with Gasteiger partial charge in [-0.2, -0.15) is 0 Å². The lowest BCUT2D eigenvalue weighted by atomic mass is 10.0. The van der Waals surface area contributed by atoms with Crippen LogP contribution in [-0.4, -0.2) is 19.8 Å². The molecule has 0 spiro atoms. The summed E-state index contributed by atoms with van der Waals surface area (Å²) >= 11 is 0. The van der Waals surface area contributed by atoms with Crippen LogP contribution in [0, 0.1) is 6.92 Å². The Labute approximate surface area is 151 Å². The van der Waals surface area contributed by atoms with Crippen LogP contribution in [0.1, 0.15) is 19.1 Å². The quantitative estimate of drug-likeness (QED) is 0.699. The van der Waals surface area contributed by atoms with Crippen LogP contribution in [0.2, 0.25) is 0 Å². The minimum Gasteiger partial charge on any atom is -0.493 e. The first-order chi connectivity index (χ1) is 12.7. The van der Waals surface area contributed by atoms with Gasteiger partial charge in [0.05, 0.1) is 17.6 Å². The molecule has 0 unspecified atom stereocenters. The minimum absolute atomic E-state index is 0.0672. The molecule has 0 atom stereocenters. The zero-order valence-corrected chi connectivity index (χ0v) is 14.8. The summed E-state index contributed by atoms with van der Waals surface area (Å²) in [5.41, 5.74) is 1.76. The van der Waals surface area contributed by atoms with Gasteiger partial charge in [0.1, 0.15) is 30.3 Å². The number of rotatable bonds is 4. The Kier molecular flexibility index (Phi) is 4.29. The van der Waals surface area contributed by atoms with Crippen molar-refractivity contribution in [2.45, 2.75) is 20.3 Å². The second kappa shape index (κ2) is 6.75. The maximum Gasteiger partial charge on any atom is 0.200 e. The molecule has 5 heteroatoms. The highest BCUT2D eigenvalue weighted by Crippen LogP contribution is 2.35. The molecule has 26 heavy (non-hydrogen) atoms. The molecule has 0 saturated carbocycles. The SMILES string of the molecule is CCCOc1ccc2c(=O)c(-c3ccc4c(c3)OCCO4)c(C)oc2c1. The van der Waals surface area contributed by atoms with Crippen molar-refractivity contribution in [1.29, 1.82) is 0 Å². The third kappa shape index (κ3) is 2.90. The molecular formula is C21H20O5. The maximum absolute atomic E-state index is 13.1. The van der Waals surface area contributed by atoms with E-state index >= 15 is 0 Å². The predicted octanol–water partition coefficient (Wildman–Crippen LogP) is 4.33. The van der Waals surface area contributed by atoms with Gasteiger partial charge in [-0.1, -0.05) is 13.0 Å². The molecule has 0 radical (unpaired) electrons. The van der Waals surface area contributed by atoms with E-state index in [9.17, 15) is 4.79 Å². The molecule has 0 fully saturated rings. The molecule has 0 aliphatic carbocycles. The molecule has 1 aliphatic rings. The molecule has 0 saturated heterocycles. The van der Waals surface area contributed by atoms with Crippen LogP contribution in [0.4, 0.5) is 0 Å². The molecule has 2 heterocycles. The molecule has 3 aromatic rings. The maximum atomic E-state index is 13.1. The fourth-order valence-electron chi connectivity index (χ4n) is 3.13. The van der Waals surface area contributed by atoms with Crippen LogP contribution in [-0.2, 0) is 0 Å². The van der Waals surface area contributed by atoms with Gasteiger partial charge < -0.3 is 18.6 Å². The number of hydrogen-bond acceptors (Lipinski definition) is 5. The molecule has 2 aromatic carbocycles. The number of ether oxygens (including phenoxy) is 3. The van der Waals surface area contributed by atoms with Gasteiger partial charge in [0.2, 0.25) is 5.43 Å². The fraction of sp³-hybridized carbons (Fsp3) is 0.286. The first kappa shape index (κ1) is 16.5. The highest BCUT2D eigenvalue weighted by molar-refractivity contribution is 5.84. The van der Waals surface area contributed by atoms with Crippen molar-refractivity contribution >= 4 is 11.0 Å². The average Bonchev–Trinajstić information content (AvgIpc) is 2.66. The molecular weight excluding hydrogens is 332 g/mol. The van der Waals surface area contributed by atoms with Gasteiger partial charge >= 0.3 is 0 Å². The molecule has 0 bridgehead atoms. The highest BCUT2D eigenvalue weighted by atomic mass is 16.6. The van der Waals surface area contributed by atoms with Crippen molar-refractivity contribution in [2.24, 2.45) is 0 Å². The van der Waals surface area contributed by atoms with Crippen molar-refractivity contribution in [3.63, 3.8) is 0 Å². The largest absolute Gasteiger partial charge is 0.493 e. The van der Waals surface area contributed by atoms with E-state index < -0.39 is 0 Å². The Balaban J connectivity index is 1.82. The van der Waals surface area contributed by atoms with E-state index in [1.807, 2.05) is 25.1 Å². The van der Waals surface area contributed by atoms with Crippen molar-refractivity contribution in [3.05, 3.63) is 52.4 Å². The summed E-state index contributed by atoms with van der Waals surface area (Å²) < 4.78 is 22.8. The van der Waals surface area contributed by atoms with E-state index in [1.54, 1.807) is 25.1 Å². The lowest BCUT2D eigenvalue weighted by Crippen LogP contribution is -2.15. The molecule has 1 aliphatic heterocycles. The summed E-state index contributed by atoms with van der Waals surface area (Å²) in [5.74, 6) is 2.61. The van der Waals surface area contributed by atoms with Crippen LogP contribution >= 0.6 is 0 Å². The van der Waals surface area contributed by atoms with Crippen molar-refractivity contribution in [3.8, 4) is 28.4 Å². The van der Waals surface area contributed by atoms with Crippen LogP contribution in [0.3, 0.4) is 0 Å². The third-order valence-electron chi connectivity index (χ3n) is 4.34. The normalized spacial score (nSPS) is 13.0. The Hall–Kier alpha value is -2.95. The van der Waals surface area contributed by atoms with Gasteiger partial charge in [-0.15, -0.1) is 0 Å². The second-order valence-corrected chi connectivity index (χ2v) is 6.23. The third-order valence-corrected chi connectivity index (χ3v) is 4.34. The van der Waals surface area contributed by atoms with E-state index in [4.69, 9.17) is 18.6 Å². The lowest BCUT2D eigenvalue weighted by molar-refractivity contribution is 0.171. The first-order valence-electron chi connectivity index (χ1n) is 8.77. The zero-order chi connectivity index (χ0) is 18.1. The Morgan fingerprint density at radius 2 is 1.85 bits per heavy atom. The smallest absolute Gasteiger partial charge is 0.200 e. The number of hydrogen-bond donors (Lipinski definition) is 0. The Bertz CT molecular complexity index is 1020. The molecule has 5 nitrogen and oxygen atoms in total. The monoisotopic (exact) mass is 352 g/mol. The summed E-state index contributed by atoms with van der Waals surface area (Å²) in [4.78, 5) is 13.1. The van der Waals surface area contributed by atoms with Crippen LogP contribution in [0.5, 0.6) is 17.2 Å². The highest BCUT2D eigenvalue weighted by Gasteiger charge is 2.18. The van der Waals surface area contributed by atoms with E-state index in [-0.39, 0.29) is 5.43 Å². The number of benzene rings is 2. The molecule has 0 N–H and O–H groups in total. The van der Waals surface area contributed by atoms with Crippen LogP contribution < -0.4 is 19.6 Å². The van der Waals surface area contributed by atoms with E-state index in [1.165, 1.54) is 0 Å². The van der Waals surface area contributed by atoms with Gasteiger partial charge in [0.25, 0.3) is 0 Å². The summed E-state index contributed by atoms with van der Waals surface area (Å²) in [6, 6.07) is 10.8. The van der Waals surface area contributed by atoms with E-state index in [0.717, 1.165) is 12.0 Å². The topological polar surface area (TPSA) is 57.9 Å². The average molecular weight is 352 g/mol. The van der Waals surface area contributed by atoms with Gasteiger partial charge in [-0.25, -0.2) is 0 Å². The van der Waals surface area contributed by atoms with Gasteiger partial charge in [-0.05, 0) is 43.2 Å². The fourth-order valence-corrected chi connectivity index (χ4v) is 3.13. The molecule has 1 aromatic heterocycles. The van der Waals surface area contributed by atoms with E-state index in [0.29, 0.717) is 59.4 Å².